The molecular weight excluding hydrogens is 362 g/mol. The number of aromatic amines is 1. The van der Waals surface area contributed by atoms with Crippen LogP contribution in [0.5, 0.6) is 0 Å². The molecule has 0 radical (unpaired) electrons. The van der Waals surface area contributed by atoms with Crippen LogP contribution >= 0.6 is 12.2 Å². The number of nitrogens with one attached hydrogen (secondary N) is 3. The van der Waals surface area contributed by atoms with E-state index in [0.29, 0.717) is 29.0 Å². The van der Waals surface area contributed by atoms with Crippen LogP contribution in [0, 0.1) is 10.7 Å². The Morgan fingerprint density at radius 2 is 2.07 bits per heavy atom. The number of aromatic nitrogens is 3. The Bertz CT molecular complexity index is 867. The Balaban J connectivity index is 1.54. The fourth-order valence-electron chi connectivity index (χ4n) is 3.34. The molecule has 1 heterocycles. The first-order valence-corrected chi connectivity index (χ1v) is 9.75. The van der Waals surface area contributed by atoms with Crippen molar-refractivity contribution in [2.24, 2.45) is 13.0 Å². The Labute approximate surface area is 163 Å². The highest BCUT2D eigenvalue weighted by atomic mass is 32.1. The van der Waals surface area contributed by atoms with Crippen LogP contribution in [0.2, 0.25) is 0 Å². The molecule has 1 aromatic heterocycles. The molecule has 0 unspecified atom stereocenters. The third-order valence-corrected chi connectivity index (χ3v) is 5.34. The topological polar surface area (TPSA) is 91.8 Å². The summed E-state index contributed by atoms with van der Waals surface area (Å²) in [6, 6.07) is 7.04. The van der Waals surface area contributed by atoms with Gasteiger partial charge in [-0.2, -0.15) is 5.10 Å². The molecule has 0 saturated heterocycles. The second kappa shape index (κ2) is 8.94. The van der Waals surface area contributed by atoms with Gasteiger partial charge >= 0.3 is 0 Å². The fourth-order valence-corrected chi connectivity index (χ4v) is 3.49. The van der Waals surface area contributed by atoms with Crippen molar-refractivity contribution in [2.75, 3.05) is 11.9 Å². The van der Waals surface area contributed by atoms with Gasteiger partial charge in [0.2, 0.25) is 5.91 Å². The monoisotopic (exact) mass is 387 g/mol. The first-order chi connectivity index (χ1) is 13.0. The first kappa shape index (κ1) is 19.3. The molecule has 8 heteroatoms. The van der Waals surface area contributed by atoms with Gasteiger partial charge in [-0.1, -0.05) is 25.3 Å². The number of hydrogen-bond donors (Lipinski definition) is 3. The maximum atomic E-state index is 12.4. The van der Waals surface area contributed by atoms with E-state index in [9.17, 15) is 9.59 Å². The van der Waals surface area contributed by atoms with Gasteiger partial charge in [-0.25, -0.2) is 0 Å². The molecule has 1 saturated carbocycles. The van der Waals surface area contributed by atoms with Gasteiger partial charge in [-0.15, -0.1) is 0 Å². The number of rotatable bonds is 6. The van der Waals surface area contributed by atoms with Gasteiger partial charge in [-0.05, 0) is 43.3 Å². The van der Waals surface area contributed by atoms with Crippen molar-refractivity contribution in [2.45, 2.75) is 38.5 Å². The molecule has 0 bridgehead atoms. The lowest BCUT2D eigenvalue weighted by atomic mass is 9.88. The number of carbonyl (C=O) groups excluding carboxylic acids is 2. The number of carbonyl (C=O) groups is 2. The maximum absolute atomic E-state index is 12.4. The van der Waals surface area contributed by atoms with Crippen molar-refractivity contribution < 1.29 is 9.59 Å². The van der Waals surface area contributed by atoms with Gasteiger partial charge in [0.1, 0.15) is 5.82 Å². The van der Waals surface area contributed by atoms with E-state index in [1.807, 2.05) is 13.1 Å². The van der Waals surface area contributed by atoms with E-state index >= 15 is 0 Å². The third kappa shape index (κ3) is 5.03. The molecule has 1 aliphatic rings. The Morgan fingerprint density at radius 3 is 2.78 bits per heavy atom. The third-order valence-electron chi connectivity index (χ3n) is 4.97. The zero-order valence-corrected chi connectivity index (χ0v) is 16.3. The Morgan fingerprint density at radius 1 is 1.30 bits per heavy atom. The molecule has 2 aromatic rings. The largest absolute Gasteiger partial charge is 0.352 e. The number of anilines is 1. The normalized spacial score (nSPS) is 14.7. The van der Waals surface area contributed by atoms with E-state index in [1.165, 1.54) is 6.42 Å². The summed E-state index contributed by atoms with van der Waals surface area (Å²) in [7, 11) is 1.83. The summed E-state index contributed by atoms with van der Waals surface area (Å²) < 4.78 is 2.33. The van der Waals surface area contributed by atoms with Crippen LogP contribution in [0.15, 0.2) is 24.3 Å². The number of H-pyrrole nitrogens is 1. The molecule has 7 nitrogen and oxygen atoms in total. The highest BCUT2D eigenvalue weighted by molar-refractivity contribution is 7.71. The van der Waals surface area contributed by atoms with E-state index in [2.05, 4.69) is 20.8 Å². The summed E-state index contributed by atoms with van der Waals surface area (Å²) in [4.78, 5) is 24.8. The predicted molar refractivity (Wildman–Crippen MR) is 106 cm³/mol. The molecule has 0 aliphatic heterocycles. The number of benzene rings is 1. The van der Waals surface area contributed by atoms with Gasteiger partial charge < -0.3 is 15.2 Å². The zero-order valence-electron chi connectivity index (χ0n) is 15.5. The molecule has 2 amide bonds. The minimum atomic E-state index is -0.180. The van der Waals surface area contributed by atoms with E-state index < -0.39 is 0 Å². The van der Waals surface area contributed by atoms with Crippen LogP contribution in [0.1, 0.15) is 48.3 Å². The fraction of sp³-hybridized carbons (Fsp3) is 0.474. The number of hydrogen-bond acceptors (Lipinski definition) is 4. The minimum absolute atomic E-state index is 0.0537. The quantitative estimate of drug-likeness (QED) is 0.665. The van der Waals surface area contributed by atoms with Gasteiger partial charge in [0.15, 0.2) is 4.77 Å². The van der Waals surface area contributed by atoms with E-state index in [4.69, 9.17) is 12.2 Å². The average Bonchev–Trinajstić information content (AvgIpc) is 3.01. The van der Waals surface area contributed by atoms with Crippen LogP contribution in [0.25, 0.3) is 0 Å². The lowest BCUT2D eigenvalue weighted by molar-refractivity contribution is -0.120. The highest BCUT2D eigenvalue weighted by Gasteiger charge is 2.21. The van der Waals surface area contributed by atoms with Crippen molar-refractivity contribution in [1.29, 1.82) is 0 Å². The van der Waals surface area contributed by atoms with Crippen LogP contribution in [0.3, 0.4) is 0 Å². The summed E-state index contributed by atoms with van der Waals surface area (Å²) in [5, 5.41) is 12.7. The van der Waals surface area contributed by atoms with Gasteiger partial charge in [-0.3, -0.25) is 14.7 Å². The number of amides is 2. The van der Waals surface area contributed by atoms with Crippen molar-refractivity contribution in [3.63, 3.8) is 0 Å². The number of nitrogens with zero attached hydrogens (tertiary/aromatic N) is 2. The van der Waals surface area contributed by atoms with E-state index in [1.54, 1.807) is 22.8 Å². The van der Waals surface area contributed by atoms with Crippen LogP contribution in [-0.2, 0) is 18.3 Å². The van der Waals surface area contributed by atoms with Gasteiger partial charge in [0.25, 0.3) is 5.91 Å². The maximum Gasteiger partial charge on any atom is 0.251 e. The lowest BCUT2D eigenvalue weighted by Crippen LogP contribution is -2.27. The lowest BCUT2D eigenvalue weighted by Gasteiger charge is -2.20. The molecule has 0 atom stereocenters. The van der Waals surface area contributed by atoms with Crippen LogP contribution < -0.4 is 10.6 Å². The van der Waals surface area contributed by atoms with Crippen molar-refractivity contribution in [1.82, 2.24) is 20.1 Å². The molecule has 144 valence electrons. The smallest absolute Gasteiger partial charge is 0.251 e. The van der Waals surface area contributed by atoms with Crippen LogP contribution in [-0.4, -0.2) is 33.1 Å². The zero-order chi connectivity index (χ0) is 19.2. The highest BCUT2D eigenvalue weighted by Crippen LogP contribution is 2.25. The second-order valence-electron chi connectivity index (χ2n) is 6.91. The standard InChI is InChI=1S/C19H25N5O2S/c1-24-16(22-23-19(24)27)10-11-20-17(25)14-8-5-9-15(12-14)21-18(26)13-6-3-2-4-7-13/h5,8-9,12-13H,2-4,6-7,10-11H2,1H3,(H,20,25)(H,21,26)(H,23,27). The van der Waals surface area contributed by atoms with Gasteiger partial charge in [0, 0.05) is 37.2 Å². The molecule has 1 aromatic carbocycles. The average molecular weight is 388 g/mol. The minimum Gasteiger partial charge on any atom is -0.352 e. The molecule has 27 heavy (non-hydrogen) atoms. The molecule has 1 fully saturated rings. The SMILES string of the molecule is Cn1c(CCNC(=O)c2cccc(NC(=O)C3CCCCC3)c2)n[nH]c1=S. The van der Waals surface area contributed by atoms with E-state index in [0.717, 1.165) is 31.5 Å². The summed E-state index contributed by atoms with van der Waals surface area (Å²) in [6.45, 7) is 0.449. The molecule has 0 spiro atoms. The molecular formula is C19H25N5O2S. The predicted octanol–water partition coefficient (Wildman–Crippen LogP) is 2.97. The Kier molecular flexibility index (Phi) is 6.39. The van der Waals surface area contributed by atoms with E-state index in [-0.39, 0.29) is 17.7 Å². The van der Waals surface area contributed by atoms with Crippen molar-refractivity contribution in [3.05, 3.63) is 40.4 Å². The molecule has 3 N–H and O–H groups in total. The first-order valence-electron chi connectivity index (χ1n) is 9.34. The summed E-state index contributed by atoms with van der Waals surface area (Å²) in [5.74, 6) is 0.743. The molecule has 1 aliphatic carbocycles. The van der Waals surface area contributed by atoms with Gasteiger partial charge in [0.05, 0.1) is 0 Å². The van der Waals surface area contributed by atoms with Crippen LogP contribution in [0.4, 0.5) is 5.69 Å². The molecule has 3 rings (SSSR count). The summed E-state index contributed by atoms with van der Waals surface area (Å²) >= 11 is 5.07. The summed E-state index contributed by atoms with van der Waals surface area (Å²) in [6.07, 6.45) is 5.91. The van der Waals surface area contributed by atoms with Crippen molar-refractivity contribution >= 4 is 29.7 Å². The second-order valence-corrected chi connectivity index (χ2v) is 7.30. The summed E-state index contributed by atoms with van der Waals surface area (Å²) in [5.41, 5.74) is 1.18. The van der Waals surface area contributed by atoms with Crippen molar-refractivity contribution in [3.8, 4) is 0 Å². The Hall–Kier alpha value is -2.48.